The first-order valence-corrected chi connectivity index (χ1v) is 7.08. The van der Waals surface area contributed by atoms with Gasteiger partial charge in [-0.3, -0.25) is 0 Å². The van der Waals surface area contributed by atoms with Gasteiger partial charge in [-0.1, -0.05) is 55.8 Å². The standard InChI is InChI=1S/C17H19ClO/c1-3-12-8-9-15(10-13(12)4-2)17(19)14-6-5-7-16(18)11-14/h5-11,17,19H,3-4H2,1-2H3. The van der Waals surface area contributed by atoms with Gasteiger partial charge in [0.25, 0.3) is 0 Å². The van der Waals surface area contributed by atoms with Crippen LogP contribution in [0.4, 0.5) is 0 Å². The van der Waals surface area contributed by atoms with E-state index in [0.29, 0.717) is 5.02 Å². The summed E-state index contributed by atoms with van der Waals surface area (Å²) in [5.74, 6) is 0. The molecule has 0 amide bonds. The van der Waals surface area contributed by atoms with Crippen LogP contribution in [0.2, 0.25) is 5.02 Å². The Hall–Kier alpha value is -1.31. The van der Waals surface area contributed by atoms with Crippen LogP contribution >= 0.6 is 11.6 Å². The third-order valence-electron chi connectivity index (χ3n) is 3.47. The van der Waals surface area contributed by atoms with E-state index in [9.17, 15) is 5.11 Å². The minimum Gasteiger partial charge on any atom is -0.384 e. The normalized spacial score (nSPS) is 12.4. The molecule has 0 radical (unpaired) electrons. The molecule has 0 heterocycles. The van der Waals surface area contributed by atoms with Gasteiger partial charge >= 0.3 is 0 Å². The van der Waals surface area contributed by atoms with E-state index in [4.69, 9.17) is 11.6 Å². The SMILES string of the molecule is CCc1ccc(C(O)c2cccc(Cl)c2)cc1CC. The van der Waals surface area contributed by atoms with Crippen molar-refractivity contribution >= 4 is 11.6 Å². The van der Waals surface area contributed by atoms with Gasteiger partial charge in [0.15, 0.2) is 0 Å². The molecule has 2 rings (SSSR count). The number of aliphatic hydroxyl groups excluding tert-OH is 1. The molecule has 2 heteroatoms. The highest BCUT2D eigenvalue weighted by Gasteiger charge is 2.12. The van der Waals surface area contributed by atoms with Gasteiger partial charge in [0, 0.05) is 5.02 Å². The van der Waals surface area contributed by atoms with Crippen molar-refractivity contribution in [3.8, 4) is 0 Å². The van der Waals surface area contributed by atoms with Crippen molar-refractivity contribution < 1.29 is 5.11 Å². The number of benzene rings is 2. The molecule has 0 bridgehead atoms. The van der Waals surface area contributed by atoms with E-state index < -0.39 is 6.10 Å². The second-order valence-corrected chi connectivity index (χ2v) is 5.13. The molecule has 0 aliphatic rings. The van der Waals surface area contributed by atoms with Crippen molar-refractivity contribution in [1.29, 1.82) is 0 Å². The predicted molar refractivity (Wildman–Crippen MR) is 80.7 cm³/mol. The average Bonchev–Trinajstić information content (AvgIpc) is 2.45. The summed E-state index contributed by atoms with van der Waals surface area (Å²) in [4.78, 5) is 0. The lowest BCUT2D eigenvalue weighted by Gasteiger charge is -2.15. The summed E-state index contributed by atoms with van der Waals surface area (Å²) in [6, 6.07) is 13.6. The lowest BCUT2D eigenvalue weighted by Crippen LogP contribution is -2.02. The number of aliphatic hydroxyl groups is 1. The Morgan fingerprint density at radius 3 is 2.26 bits per heavy atom. The second-order valence-electron chi connectivity index (χ2n) is 4.69. The zero-order valence-corrected chi connectivity index (χ0v) is 12.1. The molecule has 1 atom stereocenters. The summed E-state index contributed by atoms with van der Waals surface area (Å²) in [6.45, 7) is 4.30. The molecule has 1 unspecified atom stereocenters. The van der Waals surface area contributed by atoms with Gasteiger partial charge in [-0.05, 0) is 47.2 Å². The molecular weight excluding hydrogens is 256 g/mol. The molecule has 2 aromatic rings. The van der Waals surface area contributed by atoms with E-state index in [2.05, 4.69) is 26.0 Å². The van der Waals surface area contributed by atoms with Crippen molar-refractivity contribution in [2.45, 2.75) is 32.8 Å². The second kappa shape index (κ2) is 6.23. The summed E-state index contributed by atoms with van der Waals surface area (Å²) in [5, 5.41) is 11.1. The maximum atomic E-state index is 10.4. The number of rotatable bonds is 4. The van der Waals surface area contributed by atoms with Gasteiger partial charge in [0.05, 0.1) is 0 Å². The molecule has 0 aliphatic carbocycles. The zero-order valence-electron chi connectivity index (χ0n) is 11.4. The lowest BCUT2D eigenvalue weighted by molar-refractivity contribution is 0.220. The van der Waals surface area contributed by atoms with E-state index in [-0.39, 0.29) is 0 Å². The van der Waals surface area contributed by atoms with Crippen LogP contribution in [0.25, 0.3) is 0 Å². The summed E-state index contributed by atoms with van der Waals surface area (Å²) in [6.07, 6.45) is 1.39. The van der Waals surface area contributed by atoms with Crippen LogP contribution in [-0.4, -0.2) is 5.11 Å². The van der Waals surface area contributed by atoms with Crippen molar-refractivity contribution in [3.05, 3.63) is 69.7 Å². The van der Waals surface area contributed by atoms with Gasteiger partial charge in [0.2, 0.25) is 0 Å². The fraction of sp³-hybridized carbons (Fsp3) is 0.294. The highest BCUT2D eigenvalue weighted by Crippen LogP contribution is 2.26. The van der Waals surface area contributed by atoms with Crippen molar-refractivity contribution in [2.75, 3.05) is 0 Å². The van der Waals surface area contributed by atoms with Gasteiger partial charge in [0.1, 0.15) is 6.10 Å². The van der Waals surface area contributed by atoms with Crippen LogP contribution in [0.3, 0.4) is 0 Å². The minimum absolute atomic E-state index is 0.616. The number of hydrogen-bond acceptors (Lipinski definition) is 1. The fourth-order valence-corrected chi connectivity index (χ4v) is 2.56. The first-order chi connectivity index (χ1) is 9.15. The first-order valence-electron chi connectivity index (χ1n) is 6.71. The third-order valence-corrected chi connectivity index (χ3v) is 3.71. The van der Waals surface area contributed by atoms with E-state index >= 15 is 0 Å². The van der Waals surface area contributed by atoms with Crippen LogP contribution in [0.1, 0.15) is 42.2 Å². The molecule has 2 aromatic carbocycles. The Labute approximate surface area is 119 Å². The van der Waals surface area contributed by atoms with Crippen molar-refractivity contribution in [1.82, 2.24) is 0 Å². The van der Waals surface area contributed by atoms with E-state index in [1.54, 1.807) is 0 Å². The Bertz CT molecular complexity index is 563. The Morgan fingerprint density at radius 2 is 1.63 bits per heavy atom. The first kappa shape index (κ1) is 14.1. The highest BCUT2D eigenvalue weighted by atomic mass is 35.5. The molecule has 100 valence electrons. The van der Waals surface area contributed by atoms with E-state index in [1.165, 1.54) is 11.1 Å². The molecule has 0 saturated heterocycles. The molecular formula is C17H19ClO. The van der Waals surface area contributed by atoms with E-state index in [0.717, 1.165) is 24.0 Å². The maximum absolute atomic E-state index is 10.4. The van der Waals surface area contributed by atoms with Crippen LogP contribution in [0.15, 0.2) is 42.5 Å². The van der Waals surface area contributed by atoms with Crippen LogP contribution in [-0.2, 0) is 12.8 Å². The molecule has 0 saturated carbocycles. The lowest BCUT2D eigenvalue weighted by atomic mass is 9.95. The van der Waals surface area contributed by atoms with Gasteiger partial charge in [-0.2, -0.15) is 0 Å². The summed E-state index contributed by atoms with van der Waals surface area (Å²) < 4.78 is 0. The quantitative estimate of drug-likeness (QED) is 0.867. The zero-order chi connectivity index (χ0) is 13.8. The van der Waals surface area contributed by atoms with Gasteiger partial charge < -0.3 is 5.11 Å². The molecule has 1 nitrogen and oxygen atoms in total. The smallest absolute Gasteiger partial charge is 0.104 e. The molecule has 0 fully saturated rings. The topological polar surface area (TPSA) is 20.2 Å². The number of hydrogen-bond donors (Lipinski definition) is 1. The highest BCUT2D eigenvalue weighted by molar-refractivity contribution is 6.30. The van der Waals surface area contributed by atoms with Crippen LogP contribution in [0.5, 0.6) is 0 Å². The van der Waals surface area contributed by atoms with Gasteiger partial charge in [-0.25, -0.2) is 0 Å². The monoisotopic (exact) mass is 274 g/mol. The van der Waals surface area contributed by atoms with Gasteiger partial charge in [-0.15, -0.1) is 0 Å². The van der Waals surface area contributed by atoms with Crippen LogP contribution in [0, 0.1) is 0 Å². The minimum atomic E-state index is -0.616. The van der Waals surface area contributed by atoms with Crippen LogP contribution < -0.4 is 0 Å². The Balaban J connectivity index is 2.36. The maximum Gasteiger partial charge on any atom is 0.104 e. The fourth-order valence-electron chi connectivity index (χ4n) is 2.36. The Kier molecular flexibility index (Phi) is 4.62. The molecule has 1 N–H and O–H groups in total. The van der Waals surface area contributed by atoms with Crippen molar-refractivity contribution in [3.63, 3.8) is 0 Å². The van der Waals surface area contributed by atoms with E-state index in [1.807, 2.05) is 30.3 Å². The molecule has 19 heavy (non-hydrogen) atoms. The average molecular weight is 275 g/mol. The van der Waals surface area contributed by atoms with Crippen molar-refractivity contribution in [2.24, 2.45) is 0 Å². The molecule has 0 spiro atoms. The summed E-state index contributed by atoms with van der Waals surface area (Å²) in [7, 11) is 0. The largest absolute Gasteiger partial charge is 0.384 e. The third kappa shape index (κ3) is 3.17. The molecule has 0 aromatic heterocycles. The summed E-state index contributed by atoms with van der Waals surface area (Å²) in [5.41, 5.74) is 4.42. The number of halogens is 1. The molecule has 0 aliphatic heterocycles. The predicted octanol–water partition coefficient (Wildman–Crippen LogP) is 4.55. The summed E-state index contributed by atoms with van der Waals surface area (Å²) >= 11 is 5.97. The number of aryl methyl sites for hydroxylation is 2. The Morgan fingerprint density at radius 1 is 0.947 bits per heavy atom.